The number of nitrogens with one attached hydrogen (secondary N) is 2. The predicted molar refractivity (Wildman–Crippen MR) is 110 cm³/mol. The number of aliphatic imine (C=N–C) groups is 1. The van der Waals surface area contributed by atoms with Gasteiger partial charge in [-0.1, -0.05) is 24.3 Å². The Labute approximate surface area is 160 Å². The summed E-state index contributed by atoms with van der Waals surface area (Å²) in [7, 11) is 5.08. The van der Waals surface area contributed by atoms with Crippen LogP contribution in [-0.2, 0) is 6.42 Å². The van der Waals surface area contributed by atoms with Gasteiger partial charge in [0.1, 0.15) is 0 Å². The van der Waals surface area contributed by atoms with Gasteiger partial charge >= 0.3 is 0 Å². The molecule has 0 saturated heterocycles. The van der Waals surface area contributed by atoms with Crippen LogP contribution in [0.25, 0.3) is 0 Å². The minimum atomic E-state index is 0.748. The van der Waals surface area contributed by atoms with Crippen molar-refractivity contribution in [2.45, 2.75) is 11.3 Å². The Morgan fingerprint density at radius 2 is 1.69 bits per heavy atom. The summed E-state index contributed by atoms with van der Waals surface area (Å²) in [4.78, 5) is 5.55. The van der Waals surface area contributed by atoms with Crippen LogP contribution < -0.4 is 20.1 Å². The summed E-state index contributed by atoms with van der Waals surface area (Å²) in [6.45, 7) is 1.65. The standard InChI is InChI=1S/C20H27N3O2S/c1-21-20(23-13-14-26-17-7-5-4-6-8-17)22-12-11-16-9-10-18(24-2)19(15-16)25-3/h4-10,15H,11-14H2,1-3H3,(H2,21,22,23). The average molecular weight is 374 g/mol. The van der Waals surface area contributed by atoms with E-state index in [4.69, 9.17) is 9.47 Å². The van der Waals surface area contributed by atoms with Gasteiger partial charge in [-0.25, -0.2) is 0 Å². The van der Waals surface area contributed by atoms with Crippen molar-refractivity contribution in [2.24, 2.45) is 4.99 Å². The molecule has 2 rings (SSSR count). The molecule has 0 heterocycles. The van der Waals surface area contributed by atoms with Gasteiger partial charge in [0, 0.05) is 30.8 Å². The van der Waals surface area contributed by atoms with E-state index in [-0.39, 0.29) is 0 Å². The van der Waals surface area contributed by atoms with Gasteiger partial charge in [0.25, 0.3) is 0 Å². The molecule has 0 radical (unpaired) electrons. The lowest BCUT2D eigenvalue weighted by atomic mass is 10.1. The molecule has 0 fully saturated rings. The van der Waals surface area contributed by atoms with Crippen molar-refractivity contribution in [2.75, 3.05) is 40.1 Å². The van der Waals surface area contributed by atoms with Gasteiger partial charge in [-0.3, -0.25) is 4.99 Å². The fourth-order valence-corrected chi connectivity index (χ4v) is 3.23. The normalized spacial score (nSPS) is 11.1. The molecule has 0 aliphatic carbocycles. The number of guanidine groups is 1. The highest BCUT2D eigenvalue weighted by Gasteiger charge is 2.05. The van der Waals surface area contributed by atoms with E-state index >= 15 is 0 Å². The SMILES string of the molecule is CN=C(NCCSc1ccccc1)NCCc1ccc(OC)c(OC)c1. The molecular formula is C20H27N3O2S. The summed E-state index contributed by atoms with van der Waals surface area (Å²) < 4.78 is 10.6. The molecule has 0 bridgehead atoms. The quantitative estimate of drug-likeness (QED) is 0.306. The van der Waals surface area contributed by atoms with Crippen LogP contribution in [0.15, 0.2) is 58.4 Å². The number of hydrogen-bond donors (Lipinski definition) is 2. The average Bonchev–Trinajstić information content (AvgIpc) is 2.70. The summed E-state index contributed by atoms with van der Waals surface area (Å²) in [5, 5.41) is 6.68. The number of benzene rings is 2. The van der Waals surface area contributed by atoms with Crippen LogP contribution in [0.2, 0.25) is 0 Å². The lowest BCUT2D eigenvalue weighted by molar-refractivity contribution is 0.354. The van der Waals surface area contributed by atoms with Gasteiger partial charge in [0.05, 0.1) is 14.2 Å². The van der Waals surface area contributed by atoms with Gasteiger partial charge in [0.15, 0.2) is 17.5 Å². The summed E-state index contributed by atoms with van der Waals surface area (Å²) in [6, 6.07) is 16.4. The van der Waals surface area contributed by atoms with Crippen molar-refractivity contribution in [1.82, 2.24) is 10.6 Å². The number of methoxy groups -OCH3 is 2. The van der Waals surface area contributed by atoms with Gasteiger partial charge < -0.3 is 20.1 Å². The van der Waals surface area contributed by atoms with Crippen molar-refractivity contribution in [1.29, 1.82) is 0 Å². The fraction of sp³-hybridized carbons (Fsp3) is 0.350. The minimum Gasteiger partial charge on any atom is -0.493 e. The Balaban J connectivity index is 1.70. The van der Waals surface area contributed by atoms with E-state index in [0.717, 1.165) is 42.7 Å². The van der Waals surface area contributed by atoms with Gasteiger partial charge in [-0.2, -0.15) is 0 Å². The summed E-state index contributed by atoms with van der Waals surface area (Å²) in [5.74, 6) is 3.31. The Morgan fingerprint density at radius 1 is 0.962 bits per heavy atom. The van der Waals surface area contributed by atoms with Crippen molar-refractivity contribution >= 4 is 17.7 Å². The maximum Gasteiger partial charge on any atom is 0.191 e. The number of rotatable bonds is 9. The molecule has 0 amide bonds. The highest BCUT2D eigenvalue weighted by Crippen LogP contribution is 2.27. The van der Waals surface area contributed by atoms with Gasteiger partial charge in [0.2, 0.25) is 0 Å². The molecule has 2 N–H and O–H groups in total. The van der Waals surface area contributed by atoms with E-state index in [0.29, 0.717) is 0 Å². The lowest BCUT2D eigenvalue weighted by Crippen LogP contribution is -2.39. The van der Waals surface area contributed by atoms with E-state index in [1.165, 1.54) is 10.5 Å². The predicted octanol–water partition coefficient (Wildman–Crippen LogP) is 3.20. The molecule has 0 spiro atoms. The van der Waals surface area contributed by atoms with E-state index in [1.807, 2.05) is 30.0 Å². The topological polar surface area (TPSA) is 54.9 Å². The maximum absolute atomic E-state index is 5.34. The first-order chi connectivity index (χ1) is 12.8. The van der Waals surface area contributed by atoms with Crippen molar-refractivity contribution in [3.63, 3.8) is 0 Å². The third kappa shape index (κ3) is 6.52. The van der Waals surface area contributed by atoms with Crippen LogP contribution in [0.4, 0.5) is 0 Å². The Morgan fingerprint density at radius 3 is 2.38 bits per heavy atom. The zero-order valence-electron chi connectivity index (χ0n) is 15.6. The Bertz CT molecular complexity index is 693. The Hall–Kier alpha value is -2.34. The highest BCUT2D eigenvalue weighted by molar-refractivity contribution is 7.99. The first-order valence-electron chi connectivity index (χ1n) is 8.60. The molecule has 0 atom stereocenters. The number of thioether (sulfide) groups is 1. The number of hydrogen-bond acceptors (Lipinski definition) is 4. The molecule has 26 heavy (non-hydrogen) atoms. The molecule has 0 saturated carbocycles. The van der Waals surface area contributed by atoms with Gasteiger partial charge in [-0.15, -0.1) is 11.8 Å². The maximum atomic E-state index is 5.34. The molecular weight excluding hydrogens is 346 g/mol. The zero-order valence-corrected chi connectivity index (χ0v) is 16.4. The van der Waals surface area contributed by atoms with Crippen molar-refractivity contribution in [3.8, 4) is 11.5 Å². The van der Waals surface area contributed by atoms with Gasteiger partial charge in [-0.05, 0) is 36.2 Å². The van der Waals surface area contributed by atoms with Crippen LogP contribution in [0.3, 0.4) is 0 Å². The Kier molecular flexibility index (Phi) is 8.69. The first kappa shape index (κ1) is 20.0. The lowest BCUT2D eigenvalue weighted by Gasteiger charge is -2.13. The van der Waals surface area contributed by atoms with Crippen LogP contribution >= 0.6 is 11.8 Å². The second-order valence-electron chi connectivity index (χ2n) is 5.53. The largest absolute Gasteiger partial charge is 0.493 e. The van der Waals surface area contributed by atoms with Crippen LogP contribution in [0.1, 0.15) is 5.56 Å². The molecule has 5 nitrogen and oxygen atoms in total. The number of ether oxygens (including phenoxy) is 2. The molecule has 2 aromatic rings. The van der Waals surface area contributed by atoms with Crippen molar-refractivity contribution in [3.05, 3.63) is 54.1 Å². The monoisotopic (exact) mass is 373 g/mol. The zero-order chi connectivity index (χ0) is 18.6. The van der Waals surface area contributed by atoms with Crippen LogP contribution in [-0.4, -0.2) is 46.1 Å². The second kappa shape index (κ2) is 11.3. The van der Waals surface area contributed by atoms with E-state index in [1.54, 1.807) is 21.3 Å². The van der Waals surface area contributed by atoms with E-state index < -0.39 is 0 Å². The summed E-state index contributed by atoms with van der Waals surface area (Å²) in [5.41, 5.74) is 1.19. The van der Waals surface area contributed by atoms with Crippen molar-refractivity contribution < 1.29 is 9.47 Å². The third-order valence-corrected chi connectivity index (χ3v) is 4.80. The summed E-state index contributed by atoms with van der Waals surface area (Å²) >= 11 is 1.83. The summed E-state index contributed by atoms with van der Waals surface area (Å²) in [6.07, 6.45) is 0.875. The second-order valence-corrected chi connectivity index (χ2v) is 6.69. The van der Waals surface area contributed by atoms with Crippen LogP contribution in [0.5, 0.6) is 11.5 Å². The smallest absolute Gasteiger partial charge is 0.191 e. The van der Waals surface area contributed by atoms with Crippen LogP contribution in [0, 0.1) is 0 Å². The highest BCUT2D eigenvalue weighted by atomic mass is 32.2. The molecule has 0 aliphatic rings. The molecule has 2 aromatic carbocycles. The minimum absolute atomic E-state index is 0.748. The molecule has 0 unspecified atom stereocenters. The fourth-order valence-electron chi connectivity index (χ4n) is 2.44. The first-order valence-corrected chi connectivity index (χ1v) is 9.58. The third-order valence-electron chi connectivity index (χ3n) is 3.78. The number of nitrogens with zero attached hydrogens (tertiary/aromatic N) is 1. The molecule has 6 heteroatoms. The molecule has 0 aliphatic heterocycles. The molecule has 0 aromatic heterocycles. The molecule has 140 valence electrons. The van der Waals surface area contributed by atoms with E-state index in [9.17, 15) is 0 Å². The van der Waals surface area contributed by atoms with E-state index in [2.05, 4.69) is 46.0 Å².